The summed E-state index contributed by atoms with van der Waals surface area (Å²) in [5, 5.41) is 12.8. The van der Waals surface area contributed by atoms with Gasteiger partial charge in [-0.2, -0.15) is 0 Å². The van der Waals surface area contributed by atoms with Crippen molar-refractivity contribution < 1.29 is 0 Å². The molecule has 0 nitrogen and oxygen atoms in total. The molecule has 0 fully saturated rings. The monoisotopic (exact) mass is 672 g/mol. The average Bonchev–Trinajstić information content (AvgIpc) is 3.44. The summed E-state index contributed by atoms with van der Waals surface area (Å²) in [4.78, 5) is 0. The van der Waals surface area contributed by atoms with E-state index in [4.69, 9.17) is 0 Å². The van der Waals surface area contributed by atoms with Gasteiger partial charge in [0.05, 0.1) is 0 Å². The third-order valence-corrected chi connectivity index (χ3v) is 12.0. The Kier molecular flexibility index (Phi) is 6.40. The number of rotatable bonds is 3. The summed E-state index contributed by atoms with van der Waals surface area (Å²) in [5.74, 6) is 0. The first-order valence-corrected chi connectivity index (χ1v) is 18.7. The van der Waals surface area contributed by atoms with Crippen LogP contribution in [0.15, 0.2) is 182 Å². The van der Waals surface area contributed by atoms with Crippen molar-refractivity contribution in [1.29, 1.82) is 0 Å². The van der Waals surface area contributed by atoms with Gasteiger partial charge in [-0.15, -0.1) is 0 Å². The highest BCUT2D eigenvalue weighted by atomic mass is 14.4. The zero-order valence-corrected chi connectivity index (χ0v) is 29.8. The number of fused-ring (bicyclic) bond motifs is 10. The minimum Gasteiger partial charge on any atom is -0.0619 e. The molecule has 0 saturated heterocycles. The summed E-state index contributed by atoms with van der Waals surface area (Å²) >= 11 is 0. The molecule has 0 bridgehead atoms. The molecule has 0 heteroatoms. The Hall–Kier alpha value is -6.50. The Morgan fingerprint density at radius 3 is 1.47 bits per heavy atom. The van der Waals surface area contributed by atoms with Crippen molar-refractivity contribution in [1.82, 2.24) is 0 Å². The predicted octanol–water partition coefficient (Wildman–Crippen LogP) is 14.8. The zero-order valence-electron chi connectivity index (χ0n) is 29.8. The van der Waals surface area contributed by atoms with Crippen molar-refractivity contribution in [2.45, 2.75) is 19.3 Å². The minimum absolute atomic E-state index is 0.0288. The molecule has 0 heterocycles. The van der Waals surface area contributed by atoms with Crippen LogP contribution in [0, 0.1) is 0 Å². The van der Waals surface area contributed by atoms with Crippen molar-refractivity contribution in [3.05, 3.63) is 193 Å². The smallest absolute Gasteiger partial charge is 0.0159 e. The van der Waals surface area contributed by atoms with Gasteiger partial charge in [0.1, 0.15) is 0 Å². The largest absolute Gasteiger partial charge is 0.0619 e. The van der Waals surface area contributed by atoms with E-state index in [-0.39, 0.29) is 5.41 Å². The highest BCUT2D eigenvalue weighted by molar-refractivity contribution is 6.23. The summed E-state index contributed by atoms with van der Waals surface area (Å²) in [6, 6.07) is 68.0. The van der Waals surface area contributed by atoms with Crippen molar-refractivity contribution in [3.63, 3.8) is 0 Å². The molecular weight excluding hydrogens is 637 g/mol. The van der Waals surface area contributed by atoms with Crippen LogP contribution in [-0.2, 0) is 5.41 Å². The van der Waals surface area contributed by atoms with Crippen molar-refractivity contribution in [2.75, 3.05) is 0 Å². The van der Waals surface area contributed by atoms with Crippen molar-refractivity contribution in [3.8, 4) is 44.5 Å². The standard InChI is InChI=1S/C53H36/c1-53(2)50-18-10-9-16-46(50)47-26-25-38(32-51(47)53)41-28-27-40(43-13-5-6-14-44(41)43)36-22-20-35-30-37(23-21-34(35)29-36)49-31-39-24-19-33-11-3-4-12-42(33)52(39)48-17-8-7-15-45(48)49/h3-32H,1-2H3. The second-order valence-corrected chi connectivity index (χ2v) is 15.3. The molecule has 53 heavy (non-hydrogen) atoms. The van der Waals surface area contributed by atoms with Crippen LogP contribution in [0.5, 0.6) is 0 Å². The Bertz CT molecular complexity index is 3140. The van der Waals surface area contributed by atoms with Crippen LogP contribution in [0.2, 0.25) is 0 Å². The van der Waals surface area contributed by atoms with Crippen LogP contribution < -0.4 is 0 Å². The number of hydrogen-bond donors (Lipinski definition) is 0. The summed E-state index contributed by atoms with van der Waals surface area (Å²) < 4.78 is 0. The molecule has 0 N–H and O–H groups in total. The zero-order chi connectivity index (χ0) is 35.3. The van der Waals surface area contributed by atoms with Crippen molar-refractivity contribution >= 4 is 53.9 Å². The van der Waals surface area contributed by atoms with Gasteiger partial charge in [-0.1, -0.05) is 172 Å². The van der Waals surface area contributed by atoms with Gasteiger partial charge in [0.2, 0.25) is 0 Å². The lowest BCUT2D eigenvalue weighted by Crippen LogP contribution is -2.14. The van der Waals surface area contributed by atoms with E-state index in [9.17, 15) is 0 Å². The Balaban J connectivity index is 1.00. The SMILES string of the molecule is CC1(C)c2ccccc2-c2ccc(-c3ccc(-c4ccc5cc(-c6cc7ccc8ccccc8c7c7ccccc67)ccc5c4)c4ccccc34)cc21. The van der Waals surface area contributed by atoms with E-state index in [0.29, 0.717) is 0 Å². The molecule has 0 amide bonds. The molecule has 248 valence electrons. The fraction of sp³-hybridized carbons (Fsp3) is 0.0566. The molecular formula is C53H36. The second kappa shape index (κ2) is 11.2. The maximum Gasteiger partial charge on any atom is 0.0159 e. The molecule has 10 aromatic carbocycles. The molecule has 0 unspecified atom stereocenters. The van der Waals surface area contributed by atoms with Crippen molar-refractivity contribution in [2.24, 2.45) is 0 Å². The second-order valence-electron chi connectivity index (χ2n) is 15.3. The highest BCUT2D eigenvalue weighted by Gasteiger charge is 2.35. The average molecular weight is 673 g/mol. The first kappa shape index (κ1) is 30.2. The van der Waals surface area contributed by atoms with E-state index >= 15 is 0 Å². The maximum atomic E-state index is 2.44. The predicted molar refractivity (Wildman–Crippen MR) is 228 cm³/mol. The Morgan fingerprint density at radius 2 is 0.755 bits per heavy atom. The third kappa shape index (κ3) is 4.49. The van der Waals surface area contributed by atoms with Crippen LogP contribution in [-0.4, -0.2) is 0 Å². The van der Waals surface area contributed by atoms with Crippen LogP contribution >= 0.6 is 0 Å². The van der Waals surface area contributed by atoms with E-state index < -0.39 is 0 Å². The van der Waals surface area contributed by atoms with Gasteiger partial charge in [-0.05, 0) is 134 Å². The van der Waals surface area contributed by atoms with Gasteiger partial charge in [0.15, 0.2) is 0 Å². The quantitative estimate of drug-likeness (QED) is 0.164. The molecule has 1 aliphatic carbocycles. The molecule has 0 aromatic heterocycles. The first-order valence-electron chi connectivity index (χ1n) is 18.7. The summed E-state index contributed by atoms with van der Waals surface area (Å²) in [6.07, 6.45) is 0. The lowest BCUT2D eigenvalue weighted by molar-refractivity contribution is 0.660. The van der Waals surface area contributed by atoms with Gasteiger partial charge >= 0.3 is 0 Å². The van der Waals surface area contributed by atoms with E-state index in [2.05, 4.69) is 196 Å². The van der Waals surface area contributed by atoms with Gasteiger partial charge in [0.25, 0.3) is 0 Å². The summed E-state index contributed by atoms with van der Waals surface area (Å²) in [6.45, 7) is 4.72. The summed E-state index contributed by atoms with van der Waals surface area (Å²) in [5.41, 5.74) is 13.1. The summed E-state index contributed by atoms with van der Waals surface area (Å²) in [7, 11) is 0. The number of hydrogen-bond acceptors (Lipinski definition) is 0. The molecule has 11 rings (SSSR count). The third-order valence-electron chi connectivity index (χ3n) is 12.0. The van der Waals surface area contributed by atoms with Crippen LogP contribution in [0.3, 0.4) is 0 Å². The van der Waals surface area contributed by atoms with E-state index in [1.807, 2.05) is 0 Å². The van der Waals surface area contributed by atoms with Gasteiger partial charge in [0, 0.05) is 5.41 Å². The lowest BCUT2D eigenvalue weighted by Gasteiger charge is -2.22. The fourth-order valence-corrected chi connectivity index (χ4v) is 9.37. The highest BCUT2D eigenvalue weighted by Crippen LogP contribution is 2.50. The molecule has 0 spiro atoms. The lowest BCUT2D eigenvalue weighted by atomic mass is 9.81. The van der Waals surface area contributed by atoms with Gasteiger partial charge < -0.3 is 0 Å². The molecule has 10 aromatic rings. The van der Waals surface area contributed by atoms with Gasteiger partial charge in [-0.25, -0.2) is 0 Å². The normalized spacial score (nSPS) is 13.2. The van der Waals surface area contributed by atoms with Crippen LogP contribution in [0.25, 0.3) is 98.4 Å². The molecule has 0 aliphatic heterocycles. The maximum absolute atomic E-state index is 2.44. The van der Waals surface area contributed by atoms with E-state index in [1.165, 1.54) is 109 Å². The molecule has 0 radical (unpaired) electrons. The molecule has 0 saturated carbocycles. The van der Waals surface area contributed by atoms with Crippen LogP contribution in [0.1, 0.15) is 25.0 Å². The Morgan fingerprint density at radius 1 is 0.283 bits per heavy atom. The van der Waals surface area contributed by atoms with Gasteiger partial charge in [-0.3, -0.25) is 0 Å². The fourth-order valence-electron chi connectivity index (χ4n) is 9.37. The van der Waals surface area contributed by atoms with E-state index in [1.54, 1.807) is 0 Å². The topological polar surface area (TPSA) is 0 Å². The molecule has 1 aliphatic rings. The first-order chi connectivity index (χ1) is 26.0. The van der Waals surface area contributed by atoms with Crippen LogP contribution in [0.4, 0.5) is 0 Å². The Labute approximate surface area is 309 Å². The van der Waals surface area contributed by atoms with E-state index in [0.717, 1.165) is 0 Å². The minimum atomic E-state index is -0.0288. The molecule has 0 atom stereocenters. The number of benzene rings is 10.